The fraction of sp³-hybridized carbons (Fsp3) is 0.379. The number of aromatic nitrogens is 1. The highest BCUT2D eigenvalue weighted by molar-refractivity contribution is 5.84. The molecule has 1 saturated heterocycles. The summed E-state index contributed by atoms with van der Waals surface area (Å²) in [5, 5.41) is 20.4. The van der Waals surface area contributed by atoms with Crippen molar-refractivity contribution < 1.29 is 33.0 Å². The van der Waals surface area contributed by atoms with Crippen LogP contribution in [0.1, 0.15) is 42.9 Å². The van der Waals surface area contributed by atoms with Gasteiger partial charge in [0, 0.05) is 30.6 Å². The fourth-order valence-electron chi connectivity index (χ4n) is 5.28. The van der Waals surface area contributed by atoms with Crippen LogP contribution in [0, 0.1) is 41.1 Å². The number of ether oxygens (including phenoxy) is 1. The molecule has 0 bridgehead atoms. The van der Waals surface area contributed by atoms with Crippen LogP contribution < -0.4 is 10.2 Å². The lowest BCUT2D eigenvalue weighted by Gasteiger charge is -2.38. The van der Waals surface area contributed by atoms with Crippen molar-refractivity contribution in [2.24, 2.45) is 11.8 Å². The highest BCUT2D eigenvalue weighted by Crippen LogP contribution is 2.34. The summed E-state index contributed by atoms with van der Waals surface area (Å²) >= 11 is 0. The zero-order valence-electron chi connectivity index (χ0n) is 21.5. The minimum Gasteiger partial charge on any atom is -0.497 e. The van der Waals surface area contributed by atoms with Gasteiger partial charge in [-0.15, -0.1) is 0 Å². The first kappa shape index (κ1) is 28.4. The van der Waals surface area contributed by atoms with Crippen molar-refractivity contribution in [1.82, 2.24) is 15.4 Å². The number of hydrogen-bond donors (Lipinski definition) is 3. The first-order valence-electron chi connectivity index (χ1n) is 12.7. The van der Waals surface area contributed by atoms with Gasteiger partial charge >= 0.3 is 5.97 Å². The second-order valence-electron chi connectivity index (χ2n) is 9.74. The van der Waals surface area contributed by atoms with Gasteiger partial charge in [0.05, 0.1) is 30.8 Å². The third-order valence-electron chi connectivity index (χ3n) is 7.27. The maximum Gasteiger partial charge on any atom is 0.303 e. The van der Waals surface area contributed by atoms with Crippen LogP contribution in [0.15, 0.2) is 42.6 Å². The molecule has 1 fully saturated rings. The molecule has 0 saturated carbocycles. The molecular weight excluding hydrogens is 511 g/mol. The molecular formula is C29H30F3N3O4. The van der Waals surface area contributed by atoms with E-state index in [2.05, 4.69) is 22.3 Å². The maximum atomic E-state index is 13.9. The number of fused-ring (bicyclic) bond motifs is 1. The monoisotopic (exact) mass is 541 g/mol. The molecule has 3 aromatic rings. The molecule has 10 heteroatoms. The van der Waals surface area contributed by atoms with E-state index in [0.29, 0.717) is 44.2 Å². The first-order valence-corrected chi connectivity index (χ1v) is 12.7. The molecule has 4 rings (SSSR count). The molecule has 0 aliphatic carbocycles. The summed E-state index contributed by atoms with van der Waals surface area (Å²) in [5.74, 6) is 1.56. The third-order valence-corrected chi connectivity index (χ3v) is 7.27. The van der Waals surface area contributed by atoms with Gasteiger partial charge in [-0.2, -0.15) is 5.48 Å². The summed E-state index contributed by atoms with van der Waals surface area (Å²) in [6.07, 6.45) is 3.62. The van der Waals surface area contributed by atoms with Crippen molar-refractivity contribution in [3.05, 3.63) is 71.2 Å². The molecule has 0 amide bonds. The number of hydrogen-bond acceptors (Lipinski definition) is 6. The van der Waals surface area contributed by atoms with Crippen molar-refractivity contribution in [1.29, 1.82) is 0 Å². The number of nitrogens with one attached hydrogen (secondary N) is 1. The van der Waals surface area contributed by atoms with E-state index in [-0.39, 0.29) is 30.4 Å². The first-order chi connectivity index (χ1) is 18.8. The Morgan fingerprint density at radius 2 is 2.05 bits per heavy atom. The Bertz CT molecular complexity index is 1390. The summed E-state index contributed by atoms with van der Waals surface area (Å²) in [7, 11) is 1.58. The molecule has 2 heterocycles. The maximum absolute atomic E-state index is 13.9. The number of likely N-dealkylation sites (tertiary alicyclic amines) is 1. The number of pyridine rings is 1. The Morgan fingerprint density at radius 1 is 1.23 bits per heavy atom. The van der Waals surface area contributed by atoms with Gasteiger partial charge in [0.25, 0.3) is 0 Å². The fourth-order valence-corrected chi connectivity index (χ4v) is 5.28. The third kappa shape index (κ3) is 7.06. The zero-order valence-corrected chi connectivity index (χ0v) is 21.5. The molecule has 3 atom stereocenters. The van der Waals surface area contributed by atoms with Crippen LogP contribution in [0.4, 0.5) is 13.2 Å². The summed E-state index contributed by atoms with van der Waals surface area (Å²) in [4.78, 5) is 18.0. The molecule has 7 nitrogen and oxygen atoms in total. The van der Waals surface area contributed by atoms with Gasteiger partial charge in [-0.1, -0.05) is 11.8 Å². The van der Waals surface area contributed by atoms with Gasteiger partial charge in [-0.05, 0) is 73.5 Å². The number of piperidine rings is 1. The lowest BCUT2D eigenvalue weighted by Crippen LogP contribution is -2.41. The number of halogens is 3. The molecule has 1 aliphatic rings. The van der Waals surface area contributed by atoms with Crippen LogP contribution in [-0.2, 0) is 4.79 Å². The minimum atomic E-state index is -1.30. The number of carboxylic acid groups (broad SMARTS) is 1. The topological polar surface area (TPSA) is 94.9 Å². The van der Waals surface area contributed by atoms with Crippen molar-refractivity contribution in [2.75, 3.05) is 26.7 Å². The van der Waals surface area contributed by atoms with E-state index in [9.17, 15) is 28.3 Å². The summed E-state index contributed by atoms with van der Waals surface area (Å²) in [6.45, 7) is 1.33. The average molecular weight is 542 g/mol. The van der Waals surface area contributed by atoms with E-state index in [1.54, 1.807) is 13.3 Å². The number of aliphatic carboxylic acids is 1. The van der Waals surface area contributed by atoms with Crippen LogP contribution in [0.3, 0.4) is 0 Å². The van der Waals surface area contributed by atoms with Gasteiger partial charge < -0.3 is 15.1 Å². The quantitative estimate of drug-likeness (QED) is 0.201. The van der Waals surface area contributed by atoms with E-state index in [4.69, 9.17) is 4.74 Å². The van der Waals surface area contributed by atoms with E-state index in [0.717, 1.165) is 22.5 Å². The Morgan fingerprint density at radius 3 is 2.79 bits per heavy atom. The van der Waals surface area contributed by atoms with Crippen molar-refractivity contribution in [2.45, 2.75) is 31.7 Å². The number of methoxy groups -OCH3 is 1. The SMILES string of the molecule is COc1ccc2nccc(C(CC[C@@H]3CCN(CC#Cc4cc(F)cc(F)c4F)C[C@@H]3CC(=O)O)NO)c2c1. The predicted molar refractivity (Wildman–Crippen MR) is 139 cm³/mol. The molecule has 2 aromatic carbocycles. The second kappa shape index (κ2) is 12.9. The molecule has 1 unspecified atom stereocenters. The van der Waals surface area contributed by atoms with Gasteiger partial charge in [-0.25, -0.2) is 13.2 Å². The van der Waals surface area contributed by atoms with Crippen LogP contribution >= 0.6 is 0 Å². The van der Waals surface area contributed by atoms with Gasteiger partial charge in [-0.3, -0.25) is 14.7 Å². The number of rotatable bonds is 9. The average Bonchev–Trinajstić information content (AvgIpc) is 2.92. The number of carbonyl (C=O) groups is 1. The lowest BCUT2D eigenvalue weighted by molar-refractivity contribution is -0.139. The molecule has 206 valence electrons. The molecule has 0 spiro atoms. The highest BCUT2D eigenvalue weighted by atomic mass is 19.2. The number of hydroxylamine groups is 1. The van der Waals surface area contributed by atoms with Crippen LogP contribution in [0.2, 0.25) is 0 Å². The molecule has 1 aliphatic heterocycles. The Labute approximate surface area is 224 Å². The number of carboxylic acids is 1. The van der Waals surface area contributed by atoms with Crippen LogP contribution in [0.25, 0.3) is 10.9 Å². The molecule has 39 heavy (non-hydrogen) atoms. The minimum absolute atomic E-state index is 0.0229. The van der Waals surface area contributed by atoms with Gasteiger partial charge in [0.2, 0.25) is 0 Å². The standard InChI is InChI=1S/C29H30F3N3O4/c1-39-22-5-7-26-24(16-22)23(8-10-33-26)27(34-38)6-4-18-9-12-35(17-20(18)14-28(36)37)11-2-3-19-13-21(30)15-25(31)29(19)32/h5,7-8,10,13,15-16,18,20,27,34,38H,4,6,9,11-12,14,17H2,1H3,(H,36,37)/t18-,20+,27?/m1/s1. The van der Waals surface area contributed by atoms with Crippen molar-refractivity contribution in [3.63, 3.8) is 0 Å². The van der Waals surface area contributed by atoms with Crippen molar-refractivity contribution in [3.8, 4) is 17.6 Å². The predicted octanol–water partition coefficient (Wildman–Crippen LogP) is 4.93. The van der Waals surface area contributed by atoms with Crippen LogP contribution in [-0.4, -0.2) is 52.9 Å². The molecule has 0 radical (unpaired) electrons. The number of benzene rings is 2. The Kier molecular flexibility index (Phi) is 9.41. The molecule has 1 aromatic heterocycles. The normalized spacial score (nSPS) is 18.4. The van der Waals surface area contributed by atoms with E-state index < -0.39 is 29.5 Å². The van der Waals surface area contributed by atoms with Crippen molar-refractivity contribution >= 4 is 16.9 Å². The lowest BCUT2D eigenvalue weighted by atomic mass is 9.79. The molecule has 3 N–H and O–H groups in total. The Hall–Kier alpha value is -3.65. The van der Waals surface area contributed by atoms with Gasteiger partial charge in [0.15, 0.2) is 11.6 Å². The smallest absolute Gasteiger partial charge is 0.303 e. The number of nitrogens with zero attached hydrogens (tertiary/aromatic N) is 2. The largest absolute Gasteiger partial charge is 0.497 e. The van der Waals surface area contributed by atoms with Crippen LogP contribution in [0.5, 0.6) is 5.75 Å². The summed E-state index contributed by atoms with van der Waals surface area (Å²) in [5.41, 5.74) is 3.69. The summed E-state index contributed by atoms with van der Waals surface area (Å²) < 4.78 is 46.1. The Balaban J connectivity index is 1.43. The highest BCUT2D eigenvalue weighted by Gasteiger charge is 2.31. The second-order valence-corrected chi connectivity index (χ2v) is 9.74. The zero-order chi connectivity index (χ0) is 27.9. The van der Waals surface area contributed by atoms with Gasteiger partial charge in [0.1, 0.15) is 11.6 Å². The van der Waals surface area contributed by atoms with E-state index in [1.807, 2.05) is 29.2 Å². The van der Waals surface area contributed by atoms with E-state index >= 15 is 0 Å². The van der Waals surface area contributed by atoms with E-state index in [1.165, 1.54) is 0 Å². The summed E-state index contributed by atoms with van der Waals surface area (Å²) in [6, 6.07) is 8.32.